The molecule has 36 heavy (non-hydrogen) atoms. The quantitative estimate of drug-likeness (QED) is 0.312. The molecule has 1 N–H and O–H groups in total. The van der Waals surface area contributed by atoms with Gasteiger partial charge in [0.15, 0.2) is 0 Å². The molecule has 0 fully saturated rings. The van der Waals surface area contributed by atoms with E-state index in [1.54, 1.807) is 0 Å². The van der Waals surface area contributed by atoms with E-state index in [4.69, 9.17) is 9.47 Å². The van der Waals surface area contributed by atoms with Gasteiger partial charge in [0.2, 0.25) is 0 Å². The van der Waals surface area contributed by atoms with Gasteiger partial charge in [-0.3, -0.25) is 9.59 Å². The third-order valence-electron chi connectivity index (χ3n) is 6.63. The van der Waals surface area contributed by atoms with Gasteiger partial charge in [-0.1, -0.05) is 72.3 Å². The van der Waals surface area contributed by atoms with Crippen molar-refractivity contribution in [3.63, 3.8) is 0 Å². The van der Waals surface area contributed by atoms with Crippen LogP contribution in [0.15, 0.2) is 66.7 Å². The van der Waals surface area contributed by atoms with Crippen molar-refractivity contribution in [3.05, 3.63) is 89.0 Å². The minimum atomic E-state index is -0.242. The van der Waals surface area contributed by atoms with Gasteiger partial charge >= 0.3 is 11.9 Å². The Balaban J connectivity index is 0.000000202. The third kappa shape index (κ3) is 5.85. The molecule has 0 aliphatic rings. The van der Waals surface area contributed by atoms with Gasteiger partial charge < -0.3 is 14.8 Å². The molecule has 4 aromatic carbocycles. The maximum atomic E-state index is 11.6. The molecule has 2 atom stereocenters. The third-order valence-corrected chi connectivity index (χ3v) is 6.63. The number of benzene rings is 4. The predicted molar refractivity (Wildman–Crippen MR) is 148 cm³/mol. The summed E-state index contributed by atoms with van der Waals surface area (Å²) in [4.78, 5) is 23.1. The lowest BCUT2D eigenvalue weighted by molar-refractivity contribution is -0.142. The van der Waals surface area contributed by atoms with Crippen molar-refractivity contribution >= 4 is 39.2 Å². The van der Waals surface area contributed by atoms with Gasteiger partial charge in [-0.25, -0.2) is 0 Å². The molecule has 0 saturated heterocycles. The Labute approximate surface area is 213 Å². The lowest BCUT2D eigenvalue weighted by Crippen LogP contribution is -2.10. The number of anilines is 1. The highest BCUT2D eigenvalue weighted by atomic mass is 16.5. The molecule has 4 aromatic rings. The van der Waals surface area contributed by atoms with Gasteiger partial charge in [0, 0.05) is 18.1 Å². The molecule has 0 amide bonds. The first-order valence-electron chi connectivity index (χ1n) is 12.1. The van der Waals surface area contributed by atoms with Crippen LogP contribution in [0.1, 0.15) is 47.9 Å². The van der Waals surface area contributed by atoms with E-state index >= 15 is 0 Å². The number of hydrogen-bond donors (Lipinski definition) is 1. The molecule has 188 valence electrons. The summed E-state index contributed by atoms with van der Waals surface area (Å²) in [7, 11) is 4.76. The zero-order valence-corrected chi connectivity index (χ0v) is 22.1. The summed E-state index contributed by atoms with van der Waals surface area (Å²) in [6.07, 6.45) is 0. The maximum Gasteiger partial charge on any atom is 0.312 e. The standard InChI is InChI=1S/C16H19NO2.C15H16O2/c1-10-5-6-13-9-12(11(2)16(18)19-4)7-8-14(13)15(10)17-3;1-10-4-5-14-9-12(6-7-13(14)8-10)11(2)15(16)17-3/h5-9,11,17H,1-4H3;4-9,11H,1-3H3/t2*11-/m00/s1. The Kier molecular flexibility index (Phi) is 8.70. The number of rotatable bonds is 5. The minimum Gasteiger partial charge on any atom is -0.469 e. The number of esters is 2. The van der Waals surface area contributed by atoms with Crippen LogP contribution in [0.3, 0.4) is 0 Å². The molecule has 0 heterocycles. The summed E-state index contributed by atoms with van der Waals surface area (Å²) < 4.78 is 9.55. The minimum absolute atomic E-state index is 0.198. The smallest absolute Gasteiger partial charge is 0.312 e. The molecular weight excluding hydrogens is 450 g/mol. The van der Waals surface area contributed by atoms with Gasteiger partial charge in [-0.2, -0.15) is 0 Å². The second-order valence-electron chi connectivity index (χ2n) is 9.09. The Morgan fingerprint density at radius 1 is 0.694 bits per heavy atom. The van der Waals surface area contributed by atoms with E-state index in [1.165, 1.54) is 36.1 Å². The van der Waals surface area contributed by atoms with E-state index in [0.717, 1.165) is 27.6 Å². The van der Waals surface area contributed by atoms with Crippen molar-refractivity contribution in [2.24, 2.45) is 0 Å². The summed E-state index contributed by atoms with van der Waals surface area (Å²) in [5, 5.41) is 7.88. The van der Waals surface area contributed by atoms with E-state index in [9.17, 15) is 9.59 Å². The summed E-state index contributed by atoms with van der Waals surface area (Å²) in [6, 6.07) is 22.7. The van der Waals surface area contributed by atoms with Crippen LogP contribution in [0.2, 0.25) is 0 Å². The Morgan fingerprint density at radius 2 is 1.19 bits per heavy atom. The van der Waals surface area contributed by atoms with Gasteiger partial charge in [0.05, 0.1) is 26.1 Å². The zero-order chi connectivity index (χ0) is 26.4. The molecular formula is C31H35NO4. The van der Waals surface area contributed by atoms with Crippen LogP contribution in [0.5, 0.6) is 0 Å². The lowest BCUT2D eigenvalue weighted by Gasteiger charge is -2.13. The van der Waals surface area contributed by atoms with E-state index in [1.807, 2.05) is 33.0 Å². The maximum absolute atomic E-state index is 11.6. The number of aryl methyl sites for hydroxylation is 2. The molecule has 5 heteroatoms. The summed E-state index contributed by atoms with van der Waals surface area (Å²) in [5.41, 5.74) is 5.56. The normalized spacial score (nSPS) is 12.3. The van der Waals surface area contributed by atoms with Gasteiger partial charge in [0.25, 0.3) is 0 Å². The van der Waals surface area contributed by atoms with Crippen LogP contribution in [0.25, 0.3) is 21.5 Å². The number of nitrogens with one attached hydrogen (secondary N) is 1. The Hall–Kier alpha value is -3.86. The summed E-state index contributed by atoms with van der Waals surface area (Å²) in [6.45, 7) is 7.88. The number of carbonyl (C=O) groups excluding carboxylic acids is 2. The van der Waals surface area contributed by atoms with Crippen LogP contribution in [-0.2, 0) is 19.1 Å². The van der Waals surface area contributed by atoms with E-state index in [-0.39, 0.29) is 23.8 Å². The first kappa shape index (κ1) is 26.7. The van der Waals surface area contributed by atoms with E-state index in [2.05, 4.69) is 73.8 Å². The fraction of sp³-hybridized carbons (Fsp3) is 0.290. The summed E-state index contributed by atoms with van der Waals surface area (Å²) in [5.74, 6) is -0.865. The number of hydrogen-bond acceptors (Lipinski definition) is 5. The number of carbonyl (C=O) groups is 2. The van der Waals surface area contributed by atoms with Crippen LogP contribution >= 0.6 is 0 Å². The molecule has 4 rings (SSSR count). The van der Waals surface area contributed by atoms with Crippen LogP contribution in [0, 0.1) is 13.8 Å². The molecule has 0 aliphatic heterocycles. The Morgan fingerprint density at radius 3 is 1.78 bits per heavy atom. The van der Waals surface area contributed by atoms with Crippen molar-refractivity contribution in [1.29, 1.82) is 0 Å². The highest BCUT2D eigenvalue weighted by molar-refractivity contribution is 5.96. The van der Waals surface area contributed by atoms with Gasteiger partial charge in [0.1, 0.15) is 0 Å². The lowest BCUT2D eigenvalue weighted by atomic mass is 9.96. The second kappa shape index (κ2) is 11.7. The first-order valence-corrected chi connectivity index (χ1v) is 12.1. The zero-order valence-electron chi connectivity index (χ0n) is 22.1. The predicted octanol–water partition coefficient (Wildman–Crippen LogP) is 6.89. The number of methoxy groups -OCH3 is 2. The van der Waals surface area contributed by atoms with Gasteiger partial charge in [-0.15, -0.1) is 0 Å². The summed E-state index contributed by atoms with van der Waals surface area (Å²) >= 11 is 0. The van der Waals surface area contributed by atoms with Crippen LogP contribution in [0.4, 0.5) is 5.69 Å². The van der Waals surface area contributed by atoms with Crippen LogP contribution in [-0.4, -0.2) is 33.2 Å². The second-order valence-corrected chi connectivity index (χ2v) is 9.09. The molecule has 0 radical (unpaired) electrons. The highest BCUT2D eigenvalue weighted by Gasteiger charge is 2.17. The number of fused-ring (bicyclic) bond motifs is 2. The topological polar surface area (TPSA) is 64.6 Å². The fourth-order valence-corrected chi connectivity index (χ4v) is 4.34. The van der Waals surface area contributed by atoms with E-state index in [0.29, 0.717) is 0 Å². The molecule has 0 bridgehead atoms. The highest BCUT2D eigenvalue weighted by Crippen LogP contribution is 2.30. The van der Waals surface area contributed by atoms with Crippen molar-refractivity contribution in [3.8, 4) is 0 Å². The van der Waals surface area contributed by atoms with E-state index < -0.39 is 0 Å². The van der Waals surface area contributed by atoms with Crippen LogP contribution < -0.4 is 5.32 Å². The average Bonchev–Trinajstić information content (AvgIpc) is 2.91. The first-order chi connectivity index (χ1) is 17.2. The van der Waals surface area contributed by atoms with Gasteiger partial charge in [-0.05, 0) is 60.5 Å². The molecule has 0 spiro atoms. The average molecular weight is 486 g/mol. The molecule has 0 aromatic heterocycles. The SMILES string of the molecule is CNc1c(C)ccc2cc([C@H](C)C(=O)OC)ccc12.COC(=O)[C@@H](C)c1ccc2cc(C)ccc2c1. The molecule has 0 unspecified atom stereocenters. The Bertz CT molecular complexity index is 1390. The monoisotopic (exact) mass is 485 g/mol. The molecule has 0 saturated carbocycles. The molecule has 0 aliphatic carbocycles. The largest absolute Gasteiger partial charge is 0.469 e. The van der Waals surface area contributed by atoms with Crippen molar-refractivity contribution in [2.45, 2.75) is 39.5 Å². The molecule has 5 nitrogen and oxygen atoms in total. The number of ether oxygens (including phenoxy) is 2. The van der Waals surface area contributed by atoms with Crippen molar-refractivity contribution in [1.82, 2.24) is 0 Å². The fourth-order valence-electron chi connectivity index (χ4n) is 4.34. The van der Waals surface area contributed by atoms with Crippen molar-refractivity contribution in [2.75, 3.05) is 26.6 Å². The van der Waals surface area contributed by atoms with Crippen molar-refractivity contribution < 1.29 is 19.1 Å².